The van der Waals surface area contributed by atoms with Crippen LogP contribution < -0.4 is 15.4 Å². The molecule has 2 heterocycles. The molecule has 2 aromatic rings. The van der Waals surface area contributed by atoms with Crippen LogP contribution in [0, 0.1) is 5.92 Å². The van der Waals surface area contributed by atoms with Crippen molar-refractivity contribution in [2.24, 2.45) is 5.92 Å². The number of benzene rings is 1. The van der Waals surface area contributed by atoms with E-state index in [0.29, 0.717) is 30.5 Å². The molecule has 8 nitrogen and oxygen atoms in total. The molecule has 146 valence electrons. The Hall–Kier alpha value is -2.10. The van der Waals surface area contributed by atoms with Crippen LogP contribution in [-0.2, 0) is 10.5 Å². The highest BCUT2D eigenvalue weighted by Gasteiger charge is 2.33. The van der Waals surface area contributed by atoms with Gasteiger partial charge in [-0.15, -0.1) is 11.8 Å². The fraction of sp³-hybridized carbons (Fsp3) is 0.500. The zero-order chi connectivity index (χ0) is 19.2. The van der Waals surface area contributed by atoms with Gasteiger partial charge in [-0.05, 0) is 44.5 Å². The number of ether oxygens (including phenoxy) is 1. The first-order chi connectivity index (χ1) is 13.1. The smallest absolute Gasteiger partial charge is 0.237 e. The maximum absolute atomic E-state index is 12.1. The third-order valence-corrected chi connectivity index (χ3v) is 5.33. The lowest BCUT2D eigenvalue weighted by molar-refractivity contribution is -0.128. The lowest BCUT2D eigenvalue weighted by atomic mass is 9.95. The zero-order valence-electron chi connectivity index (χ0n) is 15.3. The van der Waals surface area contributed by atoms with Crippen LogP contribution in [0.5, 0.6) is 5.75 Å². The highest BCUT2D eigenvalue weighted by molar-refractivity contribution is 7.99. The van der Waals surface area contributed by atoms with E-state index in [1.165, 1.54) is 11.8 Å². The number of thioether (sulfide) groups is 1. The fourth-order valence-electron chi connectivity index (χ4n) is 2.92. The van der Waals surface area contributed by atoms with Crippen LogP contribution in [0.4, 0.5) is 0 Å². The molecular weight excluding hydrogens is 368 g/mol. The second-order valence-corrected chi connectivity index (χ2v) is 7.34. The van der Waals surface area contributed by atoms with Crippen LogP contribution in [-0.4, -0.2) is 45.9 Å². The summed E-state index contributed by atoms with van der Waals surface area (Å²) >= 11 is 1.47. The molecule has 3 N–H and O–H groups in total. The first kappa shape index (κ1) is 19.7. The summed E-state index contributed by atoms with van der Waals surface area (Å²) in [5.41, 5.74) is 0.617. The predicted octanol–water partition coefficient (Wildman–Crippen LogP) is 1.76. The van der Waals surface area contributed by atoms with Crippen molar-refractivity contribution in [3.05, 3.63) is 30.2 Å². The number of aliphatic hydroxyl groups is 1. The molecule has 0 spiro atoms. The van der Waals surface area contributed by atoms with Gasteiger partial charge in [-0.25, -0.2) is 0 Å². The molecule has 1 aliphatic heterocycles. The first-order valence-corrected chi connectivity index (χ1v) is 10.00. The minimum absolute atomic E-state index is 0.00176. The third kappa shape index (κ3) is 5.00. The Balaban J connectivity index is 1.55. The number of rotatable bonds is 8. The Kier molecular flexibility index (Phi) is 6.70. The lowest BCUT2D eigenvalue weighted by Crippen LogP contribution is -2.59. The highest BCUT2D eigenvalue weighted by atomic mass is 32.2. The summed E-state index contributed by atoms with van der Waals surface area (Å²) in [5, 5.41) is 19.3. The Morgan fingerprint density at radius 3 is 2.78 bits per heavy atom. The van der Waals surface area contributed by atoms with Gasteiger partial charge in [0.2, 0.25) is 17.6 Å². The Bertz CT molecular complexity index is 752. The van der Waals surface area contributed by atoms with Crippen LogP contribution in [0.2, 0.25) is 0 Å². The van der Waals surface area contributed by atoms with E-state index in [0.717, 1.165) is 11.3 Å². The van der Waals surface area contributed by atoms with E-state index < -0.39 is 0 Å². The number of nitrogens with zero attached hydrogens (tertiary/aromatic N) is 2. The summed E-state index contributed by atoms with van der Waals surface area (Å²) in [6.45, 7) is 4.50. The van der Waals surface area contributed by atoms with Crippen LogP contribution in [0.3, 0.4) is 0 Å². The highest BCUT2D eigenvalue weighted by Crippen LogP contribution is 2.24. The quantitative estimate of drug-likeness (QED) is 0.623. The lowest BCUT2D eigenvalue weighted by Gasteiger charge is -2.34. The summed E-state index contributed by atoms with van der Waals surface area (Å²) in [7, 11) is 0. The number of aliphatic hydroxyl groups excluding tert-OH is 1. The van der Waals surface area contributed by atoms with Crippen LogP contribution in [0.15, 0.2) is 28.8 Å². The maximum Gasteiger partial charge on any atom is 0.237 e. The minimum atomic E-state index is -0.233. The molecule has 1 aromatic carbocycles. The second kappa shape index (κ2) is 9.20. The van der Waals surface area contributed by atoms with E-state index in [1.807, 2.05) is 38.1 Å². The standard InChI is InChI=1S/C18H24N4O4S/c1-3-25-13-6-4-12(5-7-13)16-20-15(26-22-16)10-27-18-19-11(2)14(8-9-23)17(24)21-18/h4-7,11,14,18-19,23H,3,8-10H2,1-2H3,(H,21,24). The molecular formula is C18H24N4O4S. The van der Waals surface area contributed by atoms with Crippen molar-refractivity contribution in [3.8, 4) is 17.1 Å². The maximum atomic E-state index is 12.1. The van der Waals surface area contributed by atoms with Gasteiger partial charge in [-0.2, -0.15) is 4.98 Å². The number of aromatic nitrogens is 2. The summed E-state index contributed by atoms with van der Waals surface area (Å²) < 4.78 is 10.7. The molecule has 9 heteroatoms. The van der Waals surface area contributed by atoms with E-state index in [2.05, 4.69) is 20.8 Å². The summed E-state index contributed by atoms with van der Waals surface area (Å²) in [4.78, 5) is 16.6. The van der Waals surface area contributed by atoms with Crippen molar-refractivity contribution in [1.82, 2.24) is 20.8 Å². The van der Waals surface area contributed by atoms with Crippen molar-refractivity contribution in [3.63, 3.8) is 0 Å². The van der Waals surface area contributed by atoms with Gasteiger partial charge < -0.3 is 19.7 Å². The van der Waals surface area contributed by atoms with Crippen molar-refractivity contribution in [2.75, 3.05) is 13.2 Å². The largest absolute Gasteiger partial charge is 0.494 e. The summed E-state index contributed by atoms with van der Waals surface area (Å²) in [5.74, 6) is 2.01. The average molecular weight is 392 g/mol. The molecule has 1 saturated heterocycles. The second-order valence-electron chi connectivity index (χ2n) is 6.24. The molecule has 1 aliphatic rings. The first-order valence-electron chi connectivity index (χ1n) is 8.95. The Morgan fingerprint density at radius 2 is 2.11 bits per heavy atom. The topological polar surface area (TPSA) is 110 Å². The molecule has 0 radical (unpaired) electrons. The molecule has 27 heavy (non-hydrogen) atoms. The number of nitrogens with one attached hydrogen (secondary N) is 2. The molecule has 3 rings (SSSR count). The van der Waals surface area contributed by atoms with Crippen molar-refractivity contribution in [1.29, 1.82) is 0 Å². The Morgan fingerprint density at radius 1 is 1.33 bits per heavy atom. The van der Waals surface area contributed by atoms with Crippen molar-refractivity contribution >= 4 is 17.7 Å². The predicted molar refractivity (Wildman–Crippen MR) is 102 cm³/mol. The number of carbonyl (C=O) groups excluding carboxylic acids is 1. The molecule has 1 fully saturated rings. The van der Waals surface area contributed by atoms with E-state index in [9.17, 15) is 4.79 Å². The van der Waals surface area contributed by atoms with E-state index in [4.69, 9.17) is 14.4 Å². The third-order valence-electron chi connectivity index (χ3n) is 4.33. The van der Waals surface area contributed by atoms with Gasteiger partial charge in [0.1, 0.15) is 11.2 Å². The molecule has 1 aromatic heterocycles. The summed E-state index contributed by atoms with van der Waals surface area (Å²) in [6.07, 6.45) is 0.451. The van der Waals surface area contributed by atoms with Crippen LogP contribution in [0.25, 0.3) is 11.4 Å². The van der Waals surface area contributed by atoms with Gasteiger partial charge in [-0.1, -0.05) is 5.16 Å². The minimum Gasteiger partial charge on any atom is -0.494 e. The molecule has 0 aliphatic carbocycles. The van der Waals surface area contributed by atoms with Gasteiger partial charge in [0, 0.05) is 18.2 Å². The number of hydrogen-bond donors (Lipinski definition) is 3. The number of carbonyl (C=O) groups is 1. The van der Waals surface area contributed by atoms with Crippen molar-refractivity contribution in [2.45, 2.75) is 37.6 Å². The zero-order valence-corrected chi connectivity index (χ0v) is 16.2. The Labute approximate surface area is 162 Å². The van der Waals surface area contributed by atoms with Gasteiger partial charge in [0.15, 0.2) is 0 Å². The molecule has 0 saturated carbocycles. The van der Waals surface area contributed by atoms with E-state index in [-0.39, 0.29) is 30.0 Å². The molecule has 0 bridgehead atoms. The number of amides is 1. The SMILES string of the molecule is CCOc1ccc(-c2noc(CSC3NC(=O)C(CCO)C(C)N3)n2)cc1. The molecule has 1 amide bonds. The van der Waals surface area contributed by atoms with Crippen molar-refractivity contribution < 1.29 is 19.2 Å². The van der Waals surface area contributed by atoms with Gasteiger partial charge in [0.05, 0.1) is 18.3 Å². The van der Waals surface area contributed by atoms with E-state index >= 15 is 0 Å². The molecule has 3 unspecified atom stereocenters. The average Bonchev–Trinajstić information content (AvgIpc) is 3.13. The normalized spacial score (nSPS) is 22.5. The van der Waals surface area contributed by atoms with Crippen LogP contribution in [0.1, 0.15) is 26.2 Å². The number of hydrogen-bond acceptors (Lipinski definition) is 8. The van der Waals surface area contributed by atoms with E-state index in [1.54, 1.807) is 0 Å². The molecule has 3 atom stereocenters. The summed E-state index contributed by atoms with van der Waals surface area (Å²) in [6, 6.07) is 7.51. The van der Waals surface area contributed by atoms with Gasteiger partial charge in [0.25, 0.3) is 0 Å². The monoisotopic (exact) mass is 392 g/mol. The fourth-order valence-corrected chi connectivity index (χ4v) is 3.86. The van der Waals surface area contributed by atoms with Gasteiger partial charge in [-0.3, -0.25) is 10.1 Å². The van der Waals surface area contributed by atoms with Crippen LogP contribution >= 0.6 is 11.8 Å². The van der Waals surface area contributed by atoms with Gasteiger partial charge >= 0.3 is 0 Å².